The number of hydrogen-bond acceptors (Lipinski definition) is 3. The van der Waals surface area contributed by atoms with Gasteiger partial charge in [-0.3, -0.25) is 0 Å². The van der Waals surface area contributed by atoms with Gasteiger partial charge in [0.1, 0.15) is 0 Å². The van der Waals surface area contributed by atoms with Gasteiger partial charge < -0.3 is 15.2 Å². The average molecular weight is 225 g/mol. The van der Waals surface area contributed by atoms with Crippen LogP contribution in [0.3, 0.4) is 0 Å². The molecule has 3 atom stereocenters. The summed E-state index contributed by atoms with van der Waals surface area (Å²) in [6.45, 7) is 2.62. The van der Waals surface area contributed by atoms with Crippen LogP contribution in [0.15, 0.2) is 0 Å². The van der Waals surface area contributed by atoms with E-state index in [1.54, 1.807) is 0 Å². The minimum atomic E-state index is 0.232. The first-order valence-electron chi connectivity index (χ1n) is 6.77. The summed E-state index contributed by atoms with van der Waals surface area (Å²) in [6, 6.07) is 0. The quantitative estimate of drug-likeness (QED) is 0.792. The predicted molar refractivity (Wildman–Crippen MR) is 62.2 cm³/mol. The van der Waals surface area contributed by atoms with Gasteiger partial charge in [0.15, 0.2) is 0 Å². The van der Waals surface area contributed by atoms with Gasteiger partial charge >= 0.3 is 0 Å². The molecule has 3 nitrogen and oxygen atoms in total. The summed E-state index contributed by atoms with van der Waals surface area (Å²) in [5, 5.41) is 0. The van der Waals surface area contributed by atoms with Gasteiger partial charge in [-0.15, -0.1) is 0 Å². The fourth-order valence-electron chi connectivity index (χ4n) is 3.52. The third-order valence-electron chi connectivity index (χ3n) is 4.62. The van der Waals surface area contributed by atoms with E-state index in [9.17, 15) is 0 Å². The van der Waals surface area contributed by atoms with Crippen LogP contribution in [0, 0.1) is 11.3 Å². The van der Waals surface area contributed by atoms with Crippen molar-refractivity contribution in [1.82, 2.24) is 0 Å². The summed E-state index contributed by atoms with van der Waals surface area (Å²) >= 11 is 0. The fourth-order valence-corrected chi connectivity index (χ4v) is 3.52. The van der Waals surface area contributed by atoms with Crippen LogP contribution in [0.25, 0.3) is 0 Å². The highest BCUT2D eigenvalue weighted by Gasteiger charge is 2.51. The molecule has 3 unspecified atom stereocenters. The van der Waals surface area contributed by atoms with Crippen molar-refractivity contribution < 1.29 is 9.47 Å². The van der Waals surface area contributed by atoms with E-state index in [1.807, 2.05) is 0 Å². The normalized spacial score (nSPS) is 44.1. The van der Waals surface area contributed by atoms with Gasteiger partial charge in [-0.05, 0) is 44.4 Å². The van der Waals surface area contributed by atoms with Crippen molar-refractivity contribution in [3.05, 3.63) is 0 Å². The molecular formula is C13H23NO2. The molecule has 0 aromatic carbocycles. The Morgan fingerprint density at radius 3 is 2.62 bits per heavy atom. The van der Waals surface area contributed by atoms with E-state index in [0.29, 0.717) is 12.2 Å². The van der Waals surface area contributed by atoms with Gasteiger partial charge in [-0.1, -0.05) is 0 Å². The second-order valence-corrected chi connectivity index (χ2v) is 5.78. The smallest absolute Gasteiger partial charge is 0.0673 e. The van der Waals surface area contributed by atoms with Crippen LogP contribution in [0.1, 0.15) is 38.5 Å². The first-order chi connectivity index (χ1) is 7.84. The molecule has 2 heterocycles. The summed E-state index contributed by atoms with van der Waals surface area (Å²) < 4.78 is 11.7. The zero-order valence-electron chi connectivity index (χ0n) is 9.99. The van der Waals surface area contributed by atoms with E-state index in [1.165, 1.54) is 25.7 Å². The second-order valence-electron chi connectivity index (χ2n) is 5.78. The molecule has 0 spiro atoms. The maximum atomic E-state index is 6.07. The molecule has 92 valence electrons. The molecule has 3 aliphatic rings. The molecule has 0 aromatic rings. The van der Waals surface area contributed by atoms with Crippen molar-refractivity contribution in [3.8, 4) is 0 Å². The number of ether oxygens (including phenoxy) is 2. The fraction of sp³-hybridized carbons (Fsp3) is 1.00. The van der Waals surface area contributed by atoms with Crippen molar-refractivity contribution in [3.63, 3.8) is 0 Å². The minimum absolute atomic E-state index is 0.232. The number of hydrogen-bond donors (Lipinski definition) is 1. The standard InChI is InChI=1S/C13H23NO2/c14-9-13(8-11-2-1-6-15-11)5-7-16-12(13)10-3-4-10/h10-12H,1-9,14H2. The Labute approximate surface area is 97.7 Å². The lowest BCUT2D eigenvalue weighted by Crippen LogP contribution is -2.42. The molecule has 2 saturated heterocycles. The van der Waals surface area contributed by atoms with Gasteiger partial charge in [-0.2, -0.15) is 0 Å². The molecule has 1 aliphatic carbocycles. The monoisotopic (exact) mass is 225 g/mol. The third kappa shape index (κ3) is 1.89. The van der Waals surface area contributed by atoms with Gasteiger partial charge in [0, 0.05) is 25.2 Å². The van der Waals surface area contributed by atoms with E-state index < -0.39 is 0 Å². The Bertz CT molecular complexity index is 248. The summed E-state index contributed by atoms with van der Waals surface area (Å²) in [4.78, 5) is 0. The van der Waals surface area contributed by atoms with Crippen molar-refractivity contribution >= 4 is 0 Å². The molecular weight excluding hydrogens is 202 g/mol. The molecule has 3 fully saturated rings. The van der Waals surface area contributed by atoms with E-state index in [-0.39, 0.29) is 5.41 Å². The van der Waals surface area contributed by atoms with Crippen LogP contribution in [0.2, 0.25) is 0 Å². The highest BCUT2D eigenvalue weighted by atomic mass is 16.5. The van der Waals surface area contributed by atoms with E-state index in [2.05, 4.69) is 0 Å². The molecule has 3 rings (SSSR count). The Morgan fingerprint density at radius 1 is 1.12 bits per heavy atom. The van der Waals surface area contributed by atoms with Crippen molar-refractivity contribution in [2.75, 3.05) is 19.8 Å². The Balaban J connectivity index is 1.69. The predicted octanol–water partition coefficient (Wildman–Crippen LogP) is 1.70. The highest BCUT2D eigenvalue weighted by Crippen LogP contribution is 2.50. The summed E-state index contributed by atoms with van der Waals surface area (Å²) in [7, 11) is 0. The zero-order chi connectivity index (χ0) is 11.0. The van der Waals surface area contributed by atoms with E-state index in [0.717, 1.165) is 38.5 Å². The molecule has 2 N–H and O–H groups in total. The maximum absolute atomic E-state index is 6.07. The van der Waals surface area contributed by atoms with Crippen LogP contribution in [-0.4, -0.2) is 32.0 Å². The number of nitrogens with two attached hydrogens (primary N) is 1. The van der Waals surface area contributed by atoms with Crippen molar-refractivity contribution in [2.45, 2.75) is 50.7 Å². The molecule has 16 heavy (non-hydrogen) atoms. The van der Waals surface area contributed by atoms with Crippen LogP contribution >= 0.6 is 0 Å². The Kier molecular flexibility index (Phi) is 2.94. The molecule has 0 aromatic heterocycles. The summed E-state index contributed by atoms with van der Waals surface area (Å²) in [6.07, 6.45) is 8.29. The summed E-state index contributed by atoms with van der Waals surface area (Å²) in [5.74, 6) is 0.799. The molecule has 0 bridgehead atoms. The van der Waals surface area contributed by atoms with Crippen LogP contribution in [0.5, 0.6) is 0 Å². The lowest BCUT2D eigenvalue weighted by atomic mass is 9.74. The van der Waals surface area contributed by atoms with Gasteiger partial charge in [0.2, 0.25) is 0 Å². The average Bonchev–Trinajstić information content (AvgIpc) is 2.86. The first kappa shape index (κ1) is 11.0. The molecule has 1 saturated carbocycles. The van der Waals surface area contributed by atoms with E-state index in [4.69, 9.17) is 15.2 Å². The van der Waals surface area contributed by atoms with E-state index >= 15 is 0 Å². The van der Waals surface area contributed by atoms with Crippen LogP contribution in [-0.2, 0) is 9.47 Å². The van der Waals surface area contributed by atoms with Gasteiger partial charge in [0.05, 0.1) is 12.2 Å². The van der Waals surface area contributed by atoms with Crippen LogP contribution < -0.4 is 5.73 Å². The first-order valence-corrected chi connectivity index (χ1v) is 6.77. The second kappa shape index (κ2) is 4.28. The van der Waals surface area contributed by atoms with Gasteiger partial charge in [-0.25, -0.2) is 0 Å². The van der Waals surface area contributed by atoms with Gasteiger partial charge in [0.25, 0.3) is 0 Å². The number of rotatable bonds is 4. The Hall–Kier alpha value is -0.120. The minimum Gasteiger partial charge on any atom is -0.378 e. The topological polar surface area (TPSA) is 44.5 Å². The lowest BCUT2D eigenvalue weighted by Gasteiger charge is -2.35. The zero-order valence-corrected chi connectivity index (χ0v) is 9.99. The van der Waals surface area contributed by atoms with Crippen molar-refractivity contribution in [2.24, 2.45) is 17.1 Å². The highest BCUT2D eigenvalue weighted by molar-refractivity contribution is 5.01. The van der Waals surface area contributed by atoms with Crippen molar-refractivity contribution in [1.29, 1.82) is 0 Å². The Morgan fingerprint density at radius 2 is 2.00 bits per heavy atom. The molecule has 0 amide bonds. The van der Waals surface area contributed by atoms with Crippen LogP contribution in [0.4, 0.5) is 0 Å². The molecule has 3 heteroatoms. The maximum Gasteiger partial charge on any atom is 0.0673 e. The third-order valence-corrected chi connectivity index (χ3v) is 4.62. The SMILES string of the molecule is NCC1(CC2CCCO2)CCOC1C1CC1. The lowest BCUT2D eigenvalue weighted by molar-refractivity contribution is -0.00158. The summed E-state index contributed by atoms with van der Waals surface area (Å²) in [5.41, 5.74) is 6.30. The molecule has 0 radical (unpaired) electrons. The molecule has 2 aliphatic heterocycles. The largest absolute Gasteiger partial charge is 0.378 e.